The van der Waals surface area contributed by atoms with Crippen LogP contribution in [0.3, 0.4) is 0 Å². The molecule has 110 valence electrons. The fourth-order valence-corrected chi connectivity index (χ4v) is 2.62. The molecule has 1 fully saturated rings. The molecule has 5 heteroatoms. The summed E-state index contributed by atoms with van der Waals surface area (Å²) in [6, 6.07) is -0.121. The topological polar surface area (TPSA) is 69.6 Å². The highest BCUT2D eigenvalue weighted by Gasteiger charge is 2.31. The molecule has 2 atom stereocenters. The van der Waals surface area contributed by atoms with Crippen molar-refractivity contribution in [1.82, 2.24) is 10.2 Å². The Morgan fingerprint density at radius 3 is 2.47 bits per heavy atom. The van der Waals surface area contributed by atoms with Gasteiger partial charge in [0, 0.05) is 19.6 Å². The van der Waals surface area contributed by atoms with Crippen LogP contribution < -0.4 is 5.32 Å². The van der Waals surface area contributed by atoms with Gasteiger partial charge in [-0.15, -0.1) is 0 Å². The van der Waals surface area contributed by atoms with Gasteiger partial charge in [-0.1, -0.05) is 33.6 Å². The second kappa shape index (κ2) is 7.36. The van der Waals surface area contributed by atoms with Crippen molar-refractivity contribution in [3.05, 3.63) is 0 Å². The molecule has 0 aliphatic carbocycles. The molecule has 5 nitrogen and oxygen atoms in total. The molecule has 1 aliphatic rings. The van der Waals surface area contributed by atoms with Crippen LogP contribution in [0.1, 0.15) is 40.0 Å². The number of rotatable bonds is 5. The summed E-state index contributed by atoms with van der Waals surface area (Å²) < 4.78 is 0. The third kappa shape index (κ3) is 4.73. The van der Waals surface area contributed by atoms with Crippen molar-refractivity contribution in [2.75, 3.05) is 19.6 Å². The molecule has 2 unspecified atom stereocenters. The van der Waals surface area contributed by atoms with Gasteiger partial charge in [-0.3, -0.25) is 4.79 Å². The quantitative estimate of drug-likeness (QED) is 0.804. The number of piperidine rings is 1. The number of likely N-dealkylation sites (tertiary alicyclic amines) is 1. The van der Waals surface area contributed by atoms with Gasteiger partial charge < -0.3 is 15.3 Å². The Hall–Kier alpha value is -1.26. The summed E-state index contributed by atoms with van der Waals surface area (Å²) in [5, 5.41) is 12.0. The fourth-order valence-electron chi connectivity index (χ4n) is 2.62. The van der Waals surface area contributed by atoms with E-state index >= 15 is 0 Å². The molecule has 0 bridgehead atoms. The highest BCUT2D eigenvalue weighted by molar-refractivity contribution is 5.76. The van der Waals surface area contributed by atoms with Crippen molar-refractivity contribution in [1.29, 1.82) is 0 Å². The predicted octanol–water partition coefficient (Wildman–Crippen LogP) is 2.17. The Kier molecular flexibility index (Phi) is 6.12. The van der Waals surface area contributed by atoms with Crippen molar-refractivity contribution in [2.45, 2.75) is 40.0 Å². The number of urea groups is 1. The van der Waals surface area contributed by atoms with Crippen molar-refractivity contribution < 1.29 is 14.7 Å². The minimum atomic E-state index is -0.802. The number of nitrogens with zero attached hydrogens (tertiary/aromatic N) is 1. The zero-order valence-corrected chi connectivity index (χ0v) is 12.2. The zero-order chi connectivity index (χ0) is 14.4. The highest BCUT2D eigenvalue weighted by Crippen LogP contribution is 2.21. The van der Waals surface area contributed by atoms with Gasteiger partial charge >= 0.3 is 12.0 Å². The van der Waals surface area contributed by atoms with E-state index in [-0.39, 0.29) is 11.9 Å². The van der Waals surface area contributed by atoms with Crippen LogP contribution in [-0.2, 0) is 4.79 Å². The second-order valence-corrected chi connectivity index (χ2v) is 5.65. The van der Waals surface area contributed by atoms with E-state index in [9.17, 15) is 9.59 Å². The molecule has 1 aliphatic heterocycles. The van der Waals surface area contributed by atoms with Crippen molar-refractivity contribution >= 4 is 12.0 Å². The first-order valence-electron chi connectivity index (χ1n) is 7.23. The standard InChI is InChI=1S/C14H26N2O3/c1-4-11(5-2)7-15-14(19)16-8-10(3)6-12(9-16)13(17)18/h10-12H,4-9H2,1-3H3,(H,15,19)(H,17,18). The molecule has 0 saturated carbocycles. The summed E-state index contributed by atoms with van der Waals surface area (Å²) in [5.74, 6) is -0.484. The molecule has 0 spiro atoms. The Bertz CT molecular complexity index is 316. The first-order chi connectivity index (χ1) is 8.97. The van der Waals surface area contributed by atoms with E-state index in [0.29, 0.717) is 32.0 Å². The third-order valence-corrected chi connectivity index (χ3v) is 3.99. The van der Waals surface area contributed by atoms with E-state index in [1.54, 1.807) is 4.90 Å². The Balaban J connectivity index is 2.49. The van der Waals surface area contributed by atoms with E-state index in [1.807, 2.05) is 6.92 Å². The maximum Gasteiger partial charge on any atom is 0.317 e. The van der Waals surface area contributed by atoms with Gasteiger partial charge in [-0.05, 0) is 18.3 Å². The molecule has 2 N–H and O–H groups in total. The number of hydrogen-bond donors (Lipinski definition) is 2. The molecule has 0 aromatic heterocycles. The van der Waals surface area contributed by atoms with Crippen LogP contribution in [0.15, 0.2) is 0 Å². The van der Waals surface area contributed by atoms with E-state index in [4.69, 9.17) is 5.11 Å². The maximum absolute atomic E-state index is 12.1. The average molecular weight is 270 g/mol. The van der Waals surface area contributed by atoms with Crippen LogP contribution in [0.5, 0.6) is 0 Å². The maximum atomic E-state index is 12.1. The van der Waals surface area contributed by atoms with Gasteiger partial charge in [0.2, 0.25) is 0 Å². The van der Waals surface area contributed by atoms with Crippen molar-refractivity contribution in [3.8, 4) is 0 Å². The van der Waals surface area contributed by atoms with E-state index in [1.165, 1.54) is 0 Å². The lowest BCUT2D eigenvalue weighted by Gasteiger charge is -2.34. The van der Waals surface area contributed by atoms with E-state index < -0.39 is 11.9 Å². The summed E-state index contributed by atoms with van der Waals surface area (Å²) in [6.07, 6.45) is 2.75. The Morgan fingerprint density at radius 2 is 1.95 bits per heavy atom. The number of carboxylic acid groups (broad SMARTS) is 1. The van der Waals surface area contributed by atoms with Crippen LogP contribution in [0, 0.1) is 17.8 Å². The zero-order valence-electron chi connectivity index (χ0n) is 12.2. The van der Waals surface area contributed by atoms with Crippen molar-refractivity contribution in [2.24, 2.45) is 17.8 Å². The largest absolute Gasteiger partial charge is 0.481 e. The number of carbonyl (C=O) groups is 2. The average Bonchev–Trinajstić information content (AvgIpc) is 2.38. The molecule has 0 radical (unpaired) electrons. The van der Waals surface area contributed by atoms with Crippen LogP contribution >= 0.6 is 0 Å². The summed E-state index contributed by atoms with van der Waals surface area (Å²) in [7, 11) is 0. The number of nitrogens with one attached hydrogen (secondary N) is 1. The normalized spacial score (nSPS) is 23.5. The molecule has 2 amide bonds. The Morgan fingerprint density at radius 1 is 1.32 bits per heavy atom. The first-order valence-corrected chi connectivity index (χ1v) is 7.23. The van der Waals surface area contributed by atoms with Crippen LogP contribution in [0.4, 0.5) is 4.79 Å². The Labute approximate surface area is 115 Å². The lowest BCUT2D eigenvalue weighted by Crippen LogP contribution is -2.50. The highest BCUT2D eigenvalue weighted by atomic mass is 16.4. The number of carboxylic acids is 1. The minimum Gasteiger partial charge on any atom is -0.481 e. The molecule has 1 saturated heterocycles. The minimum absolute atomic E-state index is 0.121. The summed E-state index contributed by atoms with van der Waals surface area (Å²) in [6.45, 7) is 7.88. The monoisotopic (exact) mass is 270 g/mol. The molecule has 0 aromatic carbocycles. The molecular formula is C14H26N2O3. The SMILES string of the molecule is CCC(CC)CNC(=O)N1CC(C)CC(C(=O)O)C1. The van der Waals surface area contributed by atoms with Gasteiger partial charge in [0.15, 0.2) is 0 Å². The fraction of sp³-hybridized carbons (Fsp3) is 0.857. The van der Waals surface area contributed by atoms with Gasteiger partial charge in [0.05, 0.1) is 5.92 Å². The van der Waals surface area contributed by atoms with Crippen LogP contribution in [0.25, 0.3) is 0 Å². The third-order valence-electron chi connectivity index (χ3n) is 3.99. The summed E-state index contributed by atoms with van der Waals surface area (Å²) >= 11 is 0. The molecular weight excluding hydrogens is 244 g/mol. The molecule has 0 aromatic rings. The molecule has 1 heterocycles. The lowest BCUT2D eigenvalue weighted by molar-refractivity contribution is -0.143. The van der Waals surface area contributed by atoms with Gasteiger partial charge in [0.1, 0.15) is 0 Å². The number of hydrogen-bond acceptors (Lipinski definition) is 2. The van der Waals surface area contributed by atoms with Crippen LogP contribution in [-0.4, -0.2) is 41.6 Å². The van der Waals surface area contributed by atoms with Gasteiger partial charge in [-0.2, -0.15) is 0 Å². The molecule has 19 heavy (non-hydrogen) atoms. The van der Waals surface area contributed by atoms with E-state index in [2.05, 4.69) is 19.2 Å². The van der Waals surface area contributed by atoms with Gasteiger partial charge in [-0.25, -0.2) is 4.79 Å². The number of aliphatic carboxylic acids is 1. The predicted molar refractivity (Wildman–Crippen MR) is 74.0 cm³/mol. The lowest BCUT2D eigenvalue weighted by atomic mass is 9.91. The molecule has 1 rings (SSSR count). The number of amides is 2. The smallest absolute Gasteiger partial charge is 0.317 e. The second-order valence-electron chi connectivity index (χ2n) is 5.65. The van der Waals surface area contributed by atoms with Gasteiger partial charge in [0.25, 0.3) is 0 Å². The first kappa shape index (κ1) is 15.8. The summed E-state index contributed by atoms with van der Waals surface area (Å²) in [4.78, 5) is 24.8. The van der Waals surface area contributed by atoms with Crippen LogP contribution in [0.2, 0.25) is 0 Å². The van der Waals surface area contributed by atoms with Crippen molar-refractivity contribution in [3.63, 3.8) is 0 Å². The van der Waals surface area contributed by atoms with E-state index in [0.717, 1.165) is 12.8 Å². The summed E-state index contributed by atoms with van der Waals surface area (Å²) in [5.41, 5.74) is 0. The number of carbonyl (C=O) groups excluding carboxylic acids is 1.